The summed E-state index contributed by atoms with van der Waals surface area (Å²) in [5, 5.41) is 11.0. The van der Waals surface area contributed by atoms with E-state index < -0.39 is 21.9 Å². The van der Waals surface area contributed by atoms with Gasteiger partial charge in [-0.25, -0.2) is 13.2 Å². The van der Waals surface area contributed by atoms with Crippen molar-refractivity contribution in [2.24, 2.45) is 0 Å². The van der Waals surface area contributed by atoms with Crippen LogP contribution in [-0.4, -0.2) is 50.3 Å². The summed E-state index contributed by atoms with van der Waals surface area (Å²) >= 11 is 0.650. The zero-order chi connectivity index (χ0) is 13.9. The highest BCUT2D eigenvalue weighted by Crippen LogP contribution is 2.24. The summed E-state index contributed by atoms with van der Waals surface area (Å²) in [5.74, 6) is -1.63. The van der Waals surface area contributed by atoms with Gasteiger partial charge in [0.25, 0.3) is 10.0 Å². The van der Waals surface area contributed by atoms with Gasteiger partial charge in [-0.3, -0.25) is 4.79 Å². The monoisotopic (exact) mass is 292 g/mol. The second kappa shape index (κ2) is 5.46. The van der Waals surface area contributed by atoms with Crippen molar-refractivity contribution < 1.29 is 23.1 Å². The summed E-state index contributed by atoms with van der Waals surface area (Å²) in [6.07, 6.45) is 0. The maximum atomic E-state index is 12.0. The molecule has 2 N–H and O–H groups in total. The van der Waals surface area contributed by atoms with Gasteiger partial charge in [0.2, 0.25) is 5.91 Å². The van der Waals surface area contributed by atoms with Crippen LogP contribution >= 0.6 is 11.3 Å². The topological polar surface area (TPSA) is 104 Å². The van der Waals surface area contributed by atoms with E-state index in [0.717, 1.165) is 4.31 Å². The number of hydrogen-bond donors (Lipinski definition) is 2. The van der Waals surface area contributed by atoms with Gasteiger partial charge in [0.15, 0.2) is 0 Å². The molecule has 0 aliphatic rings. The minimum atomic E-state index is -3.83. The van der Waals surface area contributed by atoms with Gasteiger partial charge in [-0.1, -0.05) is 0 Å². The molecular weight excluding hydrogens is 280 g/mol. The number of nitrogens with one attached hydrogen (secondary N) is 1. The number of nitrogens with zero attached hydrogens (tertiary/aromatic N) is 1. The summed E-state index contributed by atoms with van der Waals surface area (Å²) in [6, 6.07) is 2.43. The van der Waals surface area contributed by atoms with Crippen LogP contribution in [0.25, 0.3) is 0 Å². The Morgan fingerprint density at radius 3 is 2.50 bits per heavy atom. The first-order valence-corrected chi connectivity index (χ1v) is 7.04. The Balaban J connectivity index is 2.98. The molecule has 9 heteroatoms. The third-order valence-electron chi connectivity index (χ3n) is 2.10. The number of hydrogen-bond acceptors (Lipinski definition) is 5. The summed E-state index contributed by atoms with van der Waals surface area (Å²) in [4.78, 5) is 21.7. The highest BCUT2D eigenvalue weighted by atomic mass is 32.2. The van der Waals surface area contributed by atoms with Crippen LogP contribution < -0.4 is 5.32 Å². The van der Waals surface area contributed by atoms with Crippen LogP contribution in [0.2, 0.25) is 0 Å². The molecule has 0 saturated heterocycles. The number of likely N-dealkylation sites (N-methyl/N-ethyl adjacent to an activating group) is 2. The fourth-order valence-electron chi connectivity index (χ4n) is 1.09. The Kier molecular flexibility index (Phi) is 4.43. The normalized spacial score (nSPS) is 11.5. The highest BCUT2D eigenvalue weighted by molar-refractivity contribution is 7.91. The quantitative estimate of drug-likeness (QED) is 0.783. The molecular formula is C9H12N2O5S2. The molecule has 7 nitrogen and oxygen atoms in total. The largest absolute Gasteiger partial charge is 0.477 e. The third kappa shape index (κ3) is 3.06. The van der Waals surface area contributed by atoms with Crippen LogP contribution in [0.15, 0.2) is 16.3 Å². The van der Waals surface area contributed by atoms with Crippen LogP contribution in [0.4, 0.5) is 0 Å². The minimum Gasteiger partial charge on any atom is -0.477 e. The van der Waals surface area contributed by atoms with Crippen molar-refractivity contribution in [2.75, 3.05) is 20.6 Å². The number of aromatic carboxylic acids is 1. The number of carboxylic acids is 1. The Morgan fingerprint density at radius 1 is 1.44 bits per heavy atom. The second-order valence-electron chi connectivity index (χ2n) is 3.36. The molecule has 0 aliphatic carbocycles. The molecule has 1 amide bonds. The second-order valence-corrected chi connectivity index (χ2v) is 6.71. The van der Waals surface area contributed by atoms with Gasteiger partial charge >= 0.3 is 5.97 Å². The summed E-state index contributed by atoms with van der Waals surface area (Å²) < 4.78 is 24.7. The number of sulfonamides is 1. The van der Waals surface area contributed by atoms with Crippen molar-refractivity contribution in [1.82, 2.24) is 9.62 Å². The zero-order valence-corrected chi connectivity index (χ0v) is 11.3. The SMILES string of the molecule is CNC(=O)CN(C)S(=O)(=O)c1ccc(C(=O)O)s1. The molecule has 0 spiro atoms. The number of thiophene rings is 1. The van der Waals surface area contributed by atoms with Crippen molar-refractivity contribution in [3.63, 3.8) is 0 Å². The third-order valence-corrected chi connectivity index (χ3v) is 5.45. The van der Waals surface area contributed by atoms with Crippen molar-refractivity contribution >= 4 is 33.2 Å². The fraction of sp³-hybridized carbons (Fsp3) is 0.333. The first kappa shape index (κ1) is 14.6. The predicted octanol–water partition coefficient (Wildman–Crippen LogP) is -0.187. The molecule has 0 aromatic carbocycles. The summed E-state index contributed by atoms with van der Waals surface area (Å²) in [5.41, 5.74) is 0. The van der Waals surface area contributed by atoms with Crippen molar-refractivity contribution in [3.8, 4) is 0 Å². The Morgan fingerprint density at radius 2 is 2.06 bits per heavy atom. The average molecular weight is 292 g/mol. The van der Waals surface area contributed by atoms with E-state index in [1.165, 1.54) is 26.2 Å². The molecule has 1 rings (SSSR count). The molecule has 1 aromatic rings. The molecule has 100 valence electrons. The fourth-order valence-corrected chi connectivity index (χ4v) is 3.58. The maximum absolute atomic E-state index is 12.0. The van der Waals surface area contributed by atoms with E-state index in [1.54, 1.807) is 0 Å². The van der Waals surface area contributed by atoms with E-state index in [4.69, 9.17) is 5.11 Å². The Hall–Kier alpha value is -1.45. The zero-order valence-electron chi connectivity index (χ0n) is 9.71. The minimum absolute atomic E-state index is 0.0677. The predicted molar refractivity (Wildman–Crippen MR) is 65.2 cm³/mol. The molecule has 1 heterocycles. The number of carbonyl (C=O) groups excluding carboxylic acids is 1. The van der Waals surface area contributed by atoms with E-state index in [-0.39, 0.29) is 15.6 Å². The summed E-state index contributed by atoms with van der Waals surface area (Å²) in [6.45, 7) is -0.320. The van der Waals surface area contributed by atoms with Crippen molar-refractivity contribution in [1.29, 1.82) is 0 Å². The van der Waals surface area contributed by atoms with Crippen LogP contribution in [0.5, 0.6) is 0 Å². The van der Waals surface area contributed by atoms with Crippen molar-refractivity contribution in [2.45, 2.75) is 4.21 Å². The van der Waals surface area contributed by atoms with Crippen LogP contribution in [0.1, 0.15) is 9.67 Å². The average Bonchev–Trinajstić information content (AvgIpc) is 2.78. The van der Waals surface area contributed by atoms with E-state index >= 15 is 0 Å². The summed E-state index contributed by atoms with van der Waals surface area (Å²) in [7, 11) is -1.18. The molecule has 0 saturated carbocycles. The number of carbonyl (C=O) groups is 2. The first-order valence-electron chi connectivity index (χ1n) is 4.79. The highest BCUT2D eigenvalue weighted by Gasteiger charge is 2.25. The lowest BCUT2D eigenvalue weighted by Crippen LogP contribution is -2.36. The number of amides is 1. The van der Waals surface area contributed by atoms with E-state index in [1.807, 2.05) is 0 Å². The van der Waals surface area contributed by atoms with Crippen LogP contribution in [-0.2, 0) is 14.8 Å². The smallest absolute Gasteiger partial charge is 0.345 e. The number of rotatable bonds is 5. The van der Waals surface area contributed by atoms with Gasteiger partial charge in [0.05, 0.1) is 6.54 Å². The molecule has 0 atom stereocenters. The van der Waals surface area contributed by atoms with Crippen molar-refractivity contribution in [3.05, 3.63) is 17.0 Å². The lowest BCUT2D eigenvalue weighted by molar-refractivity contribution is -0.120. The van der Waals surface area contributed by atoms with Crippen LogP contribution in [0, 0.1) is 0 Å². The van der Waals surface area contributed by atoms with Gasteiger partial charge in [0.1, 0.15) is 9.09 Å². The van der Waals surface area contributed by atoms with Crippen LogP contribution in [0.3, 0.4) is 0 Å². The Labute approximate surface area is 108 Å². The molecule has 0 aliphatic heterocycles. The van der Waals surface area contributed by atoms with Gasteiger partial charge in [0, 0.05) is 14.1 Å². The van der Waals surface area contributed by atoms with E-state index in [2.05, 4.69) is 5.32 Å². The lowest BCUT2D eigenvalue weighted by Gasteiger charge is -2.14. The number of carboxylic acid groups (broad SMARTS) is 1. The lowest BCUT2D eigenvalue weighted by atomic mass is 10.5. The van der Waals surface area contributed by atoms with Gasteiger partial charge in [-0.05, 0) is 12.1 Å². The molecule has 0 unspecified atom stereocenters. The molecule has 0 bridgehead atoms. The van der Waals surface area contributed by atoms with E-state index in [0.29, 0.717) is 11.3 Å². The first-order chi connectivity index (χ1) is 8.28. The Bertz CT molecular complexity index is 563. The maximum Gasteiger partial charge on any atom is 0.345 e. The van der Waals surface area contributed by atoms with Gasteiger partial charge in [-0.2, -0.15) is 4.31 Å². The molecule has 0 fully saturated rings. The van der Waals surface area contributed by atoms with Gasteiger partial charge in [-0.15, -0.1) is 11.3 Å². The van der Waals surface area contributed by atoms with E-state index in [9.17, 15) is 18.0 Å². The van der Waals surface area contributed by atoms with Gasteiger partial charge < -0.3 is 10.4 Å². The standard InChI is InChI=1S/C9H12N2O5S2/c1-10-7(12)5-11(2)18(15,16)8-4-3-6(17-8)9(13)14/h3-4H,5H2,1-2H3,(H,10,12)(H,13,14). The molecule has 18 heavy (non-hydrogen) atoms. The molecule has 0 radical (unpaired) electrons. The molecule has 1 aromatic heterocycles.